The van der Waals surface area contributed by atoms with Crippen LogP contribution in [0.5, 0.6) is 11.5 Å². The Hall–Kier alpha value is -3.27. The highest BCUT2D eigenvalue weighted by atomic mass is 19.4. The van der Waals surface area contributed by atoms with E-state index in [4.69, 9.17) is 23.7 Å². The number of hydrogen-bond acceptors (Lipinski definition) is 7. The molecule has 0 radical (unpaired) electrons. The van der Waals surface area contributed by atoms with Crippen molar-refractivity contribution in [3.63, 3.8) is 0 Å². The maximum absolute atomic E-state index is 14.4. The second-order valence-electron chi connectivity index (χ2n) is 9.47. The molecule has 0 unspecified atom stereocenters. The van der Waals surface area contributed by atoms with E-state index >= 15 is 0 Å². The Balaban J connectivity index is 2.31. The number of ether oxygens (including phenoxy) is 5. The summed E-state index contributed by atoms with van der Waals surface area (Å²) in [7, 11) is 3.89. The van der Waals surface area contributed by atoms with Crippen molar-refractivity contribution in [3.05, 3.63) is 59.7 Å². The van der Waals surface area contributed by atoms with Gasteiger partial charge in [0.05, 0.1) is 14.2 Å². The number of aryl methyl sites for hydroxylation is 1. The highest BCUT2D eigenvalue weighted by Gasteiger charge is 2.64. The van der Waals surface area contributed by atoms with Crippen LogP contribution < -0.4 is 9.47 Å². The molecular formula is C30H39F3O7. The zero-order valence-corrected chi connectivity index (χ0v) is 23.7. The van der Waals surface area contributed by atoms with E-state index in [2.05, 4.69) is 0 Å². The van der Waals surface area contributed by atoms with Gasteiger partial charge in [0.25, 0.3) is 5.60 Å². The normalized spacial score (nSPS) is 14.5. The molecule has 2 aromatic carbocycles. The van der Waals surface area contributed by atoms with Crippen molar-refractivity contribution in [2.45, 2.75) is 82.8 Å². The summed E-state index contributed by atoms with van der Waals surface area (Å²) >= 11 is 0. The number of benzene rings is 2. The molecule has 40 heavy (non-hydrogen) atoms. The average Bonchev–Trinajstić information content (AvgIpc) is 2.91. The van der Waals surface area contributed by atoms with E-state index in [1.54, 1.807) is 18.2 Å². The lowest BCUT2D eigenvalue weighted by Crippen LogP contribution is -2.52. The van der Waals surface area contributed by atoms with E-state index in [9.17, 15) is 22.8 Å². The van der Waals surface area contributed by atoms with Crippen molar-refractivity contribution in [2.24, 2.45) is 0 Å². The quantitative estimate of drug-likeness (QED) is 0.168. The van der Waals surface area contributed by atoms with Crippen molar-refractivity contribution < 1.29 is 46.4 Å². The predicted molar refractivity (Wildman–Crippen MR) is 143 cm³/mol. The first-order valence-electron chi connectivity index (χ1n) is 13.3. The van der Waals surface area contributed by atoms with Gasteiger partial charge in [-0.2, -0.15) is 13.2 Å². The van der Waals surface area contributed by atoms with Crippen molar-refractivity contribution >= 4 is 11.9 Å². The minimum atomic E-state index is -5.09. The molecule has 0 saturated carbocycles. The predicted octanol–water partition coefficient (Wildman–Crippen LogP) is 6.55. The van der Waals surface area contributed by atoms with Crippen LogP contribution in [-0.4, -0.2) is 51.7 Å². The summed E-state index contributed by atoms with van der Waals surface area (Å²) in [5, 5.41) is 0. The monoisotopic (exact) mass is 568 g/mol. The molecule has 0 aliphatic rings. The maximum Gasteiger partial charge on any atom is 0.432 e. The number of carbonyl (C=O) groups is 2. The first-order valence-corrected chi connectivity index (χ1v) is 13.3. The molecule has 7 nitrogen and oxygen atoms in total. The molecule has 10 heteroatoms. The fourth-order valence-corrected chi connectivity index (χ4v) is 4.58. The molecule has 0 N–H and O–H groups in total. The molecular weight excluding hydrogens is 529 g/mol. The Morgan fingerprint density at radius 3 is 2.05 bits per heavy atom. The maximum atomic E-state index is 14.4. The van der Waals surface area contributed by atoms with Gasteiger partial charge in [0.15, 0.2) is 11.5 Å². The Kier molecular flexibility index (Phi) is 12.8. The average molecular weight is 569 g/mol. The van der Waals surface area contributed by atoms with Crippen LogP contribution in [0.15, 0.2) is 48.5 Å². The number of halogens is 3. The molecule has 0 saturated heterocycles. The van der Waals surface area contributed by atoms with Gasteiger partial charge in [-0.1, -0.05) is 56.2 Å². The van der Waals surface area contributed by atoms with E-state index in [0.29, 0.717) is 37.2 Å². The summed E-state index contributed by atoms with van der Waals surface area (Å²) in [5.41, 5.74) is -2.80. The molecule has 2 aromatic rings. The lowest BCUT2D eigenvalue weighted by Gasteiger charge is -2.34. The molecule has 0 spiro atoms. The molecule has 222 valence electrons. The van der Waals surface area contributed by atoms with Crippen molar-refractivity contribution in [1.29, 1.82) is 0 Å². The molecule has 0 aliphatic heterocycles. The number of carbonyl (C=O) groups excluding carboxylic acids is 2. The first-order chi connectivity index (χ1) is 19.0. The molecule has 0 aromatic heterocycles. The van der Waals surface area contributed by atoms with Crippen molar-refractivity contribution in [2.75, 3.05) is 21.3 Å². The number of hydrogen-bond donors (Lipinski definition) is 0. The summed E-state index contributed by atoms with van der Waals surface area (Å²) in [6.45, 7) is 3.25. The van der Waals surface area contributed by atoms with Crippen LogP contribution in [0, 0.1) is 0 Å². The fraction of sp³-hybridized carbons (Fsp3) is 0.533. The fourth-order valence-electron chi connectivity index (χ4n) is 4.58. The first kappa shape index (κ1) is 32.9. The van der Waals surface area contributed by atoms with Gasteiger partial charge in [-0.15, -0.1) is 0 Å². The smallest absolute Gasteiger partial charge is 0.432 e. The third kappa shape index (κ3) is 8.61. The van der Waals surface area contributed by atoms with Crippen LogP contribution in [0.1, 0.15) is 63.5 Å². The lowest BCUT2D eigenvalue weighted by molar-refractivity contribution is -0.278. The minimum Gasteiger partial charge on any atom is -0.493 e. The summed E-state index contributed by atoms with van der Waals surface area (Å²) < 4.78 is 69.8. The number of unbranched alkanes of at least 4 members (excludes halogenated alkanes) is 2. The van der Waals surface area contributed by atoms with E-state index in [0.717, 1.165) is 25.5 Å². The summed E-state index contributed by atoms with van der Waals surface area (Å²) in [6.07, 6.45) is -3.28. The SMILES string of the molecule is CCCCC[C@@H](C[C@H](CCc1ccc(OC)c(OC)c1)OC(C)=O)OC(=O)[C@@](OC)(c1ccccc1)C(F)(F)F. The second-order valence-corrected chi connectivity index (χ2v) is 9.47. The van der Waals surface area contributed by atoms with Gasteiger partial charge in [-0.05, 0) is 43.4 Å². The van der Waals surface area contributed by atoms with Crippen LogP contribution in [0.2, 0.25) is 0 Å². The van der Waals surface area contributed by atoms with Crippen molar-refractivity contribution in [1.82, 2.24) is 0 Å². The van der Waals surface area contributed by atoms with Crippen LogP contribution in [0.25, 0.3) is 0 Å². The van der Waals surface area contributed by atoms with Crippen LogP contribution in [0.3, 0.4) is 0 Å². The number of esters is 2. The van der Waals surface area contributed by atoms with E-state index in [1.807, 2.05) is 13.0 Å². The van der Waals surface area contributed by atoms with Gasteiger partial charge >= 0.3 is 18.1 Å². The second kappa shape index (κ2) is 15.5. The molecule has 0 bridgehead atoms. The highest BCUT2D eigenvalue weighted by Crippen LogP contribution is 2.43. The Morgan fingerprint density at radius 1 is 0.850 bits per heavy atom. The number of methoxy groups -OCH3 is 3. The largest absolute Gasteiger partial charge is 0.493 e. The summed E-state index contributed by atoms with van der Waals surface area (Å²) in [4.78, 5) is 25.2. The third-order valence-corrected chi connectivity index (χ3v) is 6.64. The third-order valence-electron chi connectivity index (χ3n) is 6.64. The molecule has 0 heterocycles. The zero-order chi connectivity index (χ0) is 29.8. The van der Waals surface area contributed by atoms with E-state index in [-0.39, 0.29) is 12.0 Å². The van der Waals surface area contributed by atoms with Gasteiger partial charge in [-0.25, -0.2) is 4.79 Å². The lowest BCUT2D eigenvalue weighted by atomic mass is 9.92. The van der Waals surface area contributed by atoms with E-state index < -0.39 is 35.9 Å². The van der Waals surface area contributed by atoms with Gasteiger partial charge in [0.1, 0.15) is 12.2 Å². The summed E-state index contributed by atoms with van der Waals surface area (Å²) in [5.74, 6) is -0.992. The van der Waals surface area contributed by atoms with Crippen LogP contribution >= 0.6 is 0 Å². The molecule has 2 rings (SSSR count). The molecule has 0 fully saturated rings. The molecule has 0 aliphatic carbocycles. The Labute approximate surface area is 233 Å². The Bertz CT molecular complexity index is 1070. The van der Waals surface area contributed by atoms with Crippen molar-refractivity contribution in [3.8, 4) is 11.5 Å². The number of rotatable bonds is 16. The summed E-state index contributed by atoms with van der Waals surface area (Å²) in [6, 6.07) is 12.1. The topological polar surface area (TPSA) is 80.3 Å². The number of alkyl halides is 3. The standard InChI is InChI=1S/C30H39F3O7/c1-6-7-9-14-24(40-28(35)29(38-5,30(31,32)33)23-12-10-8-11-13-23)20-25(39-21(2)34)17-15-22-16-18-26(36-3)27(19-22)37-4/h8,10-13,16,18-19,24-25H,6-7,9,14-15,17,20H2,1-5H3/t24-,25-,29-/m0/s1. The zero-order valence-electron chi connectivity index (χ0n) is 23.7. The molecule has 3 atom stereocenters. The highest BCUT2D eigenvalue weighted by molar-refractivity contribution is 5.82. The van der Waals surface area contributed by atoms with Crippen LogP contribution in [0.4, 0.5) is 13.2 Å². The van der Waals surface area contributed by atoms with Gasteiger partial charge in [0, 0.05) is 26.0 Å². The van der Waals surface area contributed by atoms with E-state index in [1.165, 1.54) is 45.4 Å². The Morgan fingerprint density at radius 2 is 1.50 bits per heavy atom. The van der Waals surface area contributed by atoms with Gasteiger partial charge in [0.2, 0.25) is 0 Å². The van der Waals surface area contributed by atoms with Gasteiger partial charge in [-0.3, -0.25) is 4.79 Å². The van der Waals surface area contributed by atoms with Gasteiger partial charge < -0.3 is 23.7 Å². The minimum absolute atomic E-state index is 0.0365. The van der Waals surface area contributed by atoms with Crippen LogP contribution in [-0.2, 0) is 35.8 Å². The molecule has 0 amide bonds.